The monoisotopic (exact) mass is 364 g/mol. The molecule has 0 atom stereocenters. The maximum Gasteiger partial charge on any atom is 0.341 e. The Balaban J connectivity index is 2.04. The van der Waals surface area contributed by atoms with E-state index in [2.05, 4.69) is 15.6 Å². The molecule has 1 heterocycles. The summed E-state index contributed by atoms with van der Waals surface area (Å²) >= 11 is 5.81. The number of halogens is 1. The fourth-order valence-electron chi connectivity index (χ4n) is 1.91. The number of pyridine rings is 1. The third-order valence-corrected chi connectivity index (χ3v) is 3.37. The number of rotatable bonds is 6. The Morgan fingerprint density at radius 1 is 1.32 bits per heavy atom. The zero-order valence-corrected chi connectivity index (χ0v) is 13.7. The molecule has 9 nitrogen and oxygen atoms in total. The molecule has 0 aliphatic heterocycles. The highest BCUT2D eigenvalue weighted by atomic mass is 35.5. The van der Waals surface area contributed by atoms with Crippen LogP contribution in [0.3, 0.4) is 0 Å². The predicted octanol–water partition coefficient (Wildman–Crippen LogP) is 2.48. The number of ether oxygens (including phenoxy) is 1. The lowest BCUT2D eigenvalue weighted by atomic mass is 10.1. The van der Waals surface area contributed by atoms with Crippen molar-refractivity contribution in [3.05, 3.63) is 57.4 Å². The first-order valence-corrected chi connectivity index (χ1v) is 7.34. The van der Waals surface area contributed by atoms with Crippen LogP contribution in [0.1, 0.15) is 10.4 Å². The van der Waals surface area contributed by atoms with Crippen LogP contribution in [0.4, 0.5) is 17.1 Å². The van der Waals surface area contributed by atoms with Gasteiger partial charge in [-0.25, -0.2) is 9.78 Å². The summed E-state index contributed by atoms with van der Waals surface area (Å²) in [7, 11) is 1.55. The number of amides is 1. The van der Waals surface area contributed by atoms with Crippen molar-refractivity contribution >= 4 is 40.5 Å². The third kappa shape index (κ3) is 4.64. The van der Waals surface area contributed by atoms with Crippen LogP contribution >= 0.6 is 11.6 Å². The topological polar surface area (TPSA) is 123 Å². The van der Waals surface area contributed by atoms with Crippen molar-refractivity contribution in [1.29, 1.82) is 0 Å². The zero-order chi connectivity index (χ0) is 18.4. The number of hydrogen-bond donors (Lipinski definition) is 2. The van der Waals surface area contributed by atoms with Gasteiger partial charge >= 0.3 is 5.97 Å². The van der Waals surface area contributed by atoms with Crippen LogP contribution in [0.5, 0.6) is 0 Å². The normalized spacial score (nSPS) is 10.0. The van der Waals surface area contributed by atoms with Gasteiger partial charge in [-0.05, 0) is 18.2 Å². The Kier molecular flexibility index (Phi) is 5.85. The molecule has 0 spiro atoms. The third-order valence-electron chi connectivity index (χ3n) is 3.07. The minimum Gasteiger partial charge on any atom is -0.452 e. The van der Waals surface area contributed by atoms with Crippen molar-refractivity contribution in [3.8, 4) is 0 Å². The van der Waals surface area contributed by atoms with Crippen molar-refractivity contribution in [3.63, 3.8) is 0 Å². The van der Waals surface area contributed by atoms with Crippen LogP contribution in [0, 0.1) is 10.1 Å². The molecule has 10 heteroatoms. The summed E-state index contributed by atoms with van der Waals surface area (Å²) in [6, 6.07) is 6.82. The molecule has 2 N–H and O–H groups in total. The number of esters is 1. The van der Waals surface area contributed by atoms with Crippen molar-refractivity contribution in [2.75, 3.05) is 24.3 Å². The van der Waals surface area contributed by atoms with Crippen LogP contribution in [0.2, 0.25) is 5.15 Å². The minimum absolute atomic E-state index is 0.0519. The van der Waals surface area contributed by atoms with Gasteiger partial charge in [0, 0.05) is 31.1 Å². The van der Waals surface area contributed by atoms with E-state index in [1.54, 1.807) is 13.1 Å². The summed E-state index contributed by atoms with van der Waals surface area (Å²) < 4.78 is 4.90. The summed E-state index contributed by atoms with van der Waals surface area (Å²) in [5.74, 6) is -1.50. The van der Waals surface area contributed by atoms with E-state index >= 15 is 0 Å². The Bertz CT molecular complexity index is 827. The van der Waals surface area contributed by atoms with Gasteiger partial charge in [0.15, 0.2) is 11.8 Å². The van der Waals surface area contributed by atoms with Gasteiger partial charge in [-0.15, -0.1) is 0 Å². The summed E-state index contributed by atoms with van der Waals surface area (Å²) in [4.78, 5) is 37.9. The average Bonchev–Trinajstić information content (AvgIpc) is 2.61. The van der Waals surface area contributed by atoms with Gasteiger partial charge in [0.1, 0.15) is 0 Å². The summed E-state index contributed by atoms with van der Waals surface area (Å²) in [5.41, 5.74) is 0.296. The molecule has 25 heavy (non-hydrogen) atoms. The van der Waals surface area contributed by atoms with Crippen molar-refractivity contribution < 1.29 is 19.2 Å². The average molecular weight is 365 g/mol. The van der Waals surface area contributed by atoms with Gasteiger partial charge in [-0.2, -0.15) is 0 Å². The second-order valence-electron chi connectivity index (χ2n) is 4.70. The molecular weight excluding hydrogens is 352 g/mol. The van der Waals surface area contributed by atoms with E-state index in [4.69, 9.17) is 16.3 Å². The van der Waals surface area contributed by atoms with E-state index in [0.29, 0.717) is 5.69 Å². The number of aromatic nitrogens is 1. The number of hydrogen-bond acceptors (Lipinski definition) is 7. The van der Waals surface area contributed by atoms with Crippen LogP contribution in [0.15, 0.2) is 36.5 Å². The fraction of sp³-hybridized carbons (Fsp3) is 0.133. The number of non-ortho nitro benzene ring substituents is 1. The first kappa shape index (κ1) is 18.1. The molecule has 1 aromatic heterocycles. The number of nitro groups is 1. The summed E-state index contributed by atoms with van der Waals surface area (Å²) in [6.07, 6.45) is 1.46. The van der Waals surface area contributed by atoms with E-state index < -0.39 is 23.4 Å². The molecule has 0 saturated heterocycles. The second-order valence-corrected chi connectivity index (χ2v) is 5.06. The van der Waals surface area contributed by atoms with Crippen molar-refractivity contribution in [2.45, 2.75) is 0 Å². The van der Waals surface area contributed by atoms with Gasteiger partial charge in [0.05, 0.1) is 16.2 Å². The van der Waals surface area contributed by atoms with Crippen LogP contribution in [-0.2, 0) is 9.53 Å². The SMILES string of the molecule is CNc1ccc([N+](=O)[O-])cc1C(=O)OCC(=O)Nc1cccnc1Cl. The van der Waals surface area contributed by atoms with E-state index in [1.807, 2.05) is 0 Å². The Labute approximate surface area is 147 Å². The number of nitrogens with one attached hydrogen (secondary N) is 2. The Morgan fingerprint density at radius 3 is 2.72 bits per heavy atom. The lowest BCUT2D eigenvalue weighted by Gasteiger charge is -2.10. The van der Waals surface area contributed by atoms with E-state index in [0.717, 1.165) is 6.07 Å². The molecule has 1 amide bonds. The standard InChI is InChI=1S/C15H13ClN4O5/c1-17-11-5-4-9(20(23)24)7-10(11)15(22)25-8-13(21)19-12-3-2-6-18-14(12)16/h2-7,17H,8H2,1H3,(H,19,21). The largest absolute Gasteiger partial charge is 0.452 e. The van der Waals surface area contributed by atoms with Crippen LogP contribution in [0.25, 0.3) is 0 Å². The lowest BCUT2D eigenvalue weighted by molar-refractivity contribution is -0.384. The fourth-order valence-corrected chi connectivity index (χ4v) is 2.07. The molecule has 0 unspecified atom stereocenters. The van der Waals surface area contributed by atoms with Crippen molar-refractivity contribution in [1.82, 2.24) is 4.98 Å². The molecule has 0 saturated carbocycles. The van der Waals surface area contributed by atoms with Gasteiger partial charge in [-0.3, -0.25) is 14.9 Å². The highest BCUT2D eigenvalue weighted by Crippen LogP contribution is 2.23. The number of carbonyl (C=O) groups is 2. The number of benzene rings is 1. The Morgan fingerprint density at radius 2 is 2.08 bits per heavy atom. The van der Waals surface area contributed by atoms with Crippen LogP contribution < -0.4 is 10.6 Å². The van der Waals surface area contributed by atoms with Gasteiger partial charge in [0.25, 0.3) is 11.6 Å². The molecule has 0 aliphatic rings. The summed E-state index contributed by atoms with van der Waals surface area (Å²) in [5, 5.41) is 16.1. The maximum absolute atomic E-state index is 12.1. The van der Waals surface area contributed by atoms with E-state index in [9.17, 15) is 19.7 Å². The molecule has 0 radical (unpaired) electrons. The molecule has 130 valence electrons. The lowest BCUT2D eigenvalue weighted by Crippen LogP contribution is -2.21. The molecule has 0 bridgehead atoms. The number of nitrogens with zero attached hydrogens (tertiary/aromatic N) is 2. The Hall–Kier alpha value is -3.20. The minimum atomic E-state index is -0.875. The summed E-state index contributed by atoms with van der Waals surface area (Å²) in [6.45, 7) is -0.587. The van der Waals surface area contributed by atoms with Gasteiger partial charge in [0.2, 0.25) is 0 Å². The highest BCUT2D eigenvalue weighted by molar-refractivity contribution is 6.32. The van der Waals surface area contributed by atoms with Crippen molar-refractivity contribution in [2.24, 2.45) is 0 Å². The van der Waals surface area contributed by atoms with Gasteiger partial charge < -0.3 is 15.4 Å². The molecular formula is C15H13ClN4O5. The predicted molar refractivity (Wildman–Crippen MR) is 90.8 cm³/mol. The molecule has 2 aromatic rings. The first-order valence-electron chi connectivity index (χ1n) is 6.96. The first-order chi connectivity index (χ1) is 11.9. The molecule has 2 rings (SSSR count). The quantitative estimate of drug-likeness (QED) is 0.349. The van der Waals surface area contributed by atoms with Gasteiger partial charge in [-0.1, -0.05) is 11.6 Å². The molecule has 1 aromatic carbocycles. The molecule has 0 aliphatic carbocycles. The zero-order valence-electron chi connectivity index (χ0n) is 13.0. The number of nitro benzene ring substituents is 1. The smallest absolute Gasteiger partial charge is 0.341 e. The number of carbonyl (C=O) groups excluding carboxylic acids is 2. The van der Waals surface area contributed by atoms with E-state index in [-0.39, 0.29) is 22.1 Å². The highest BCUT2D eigenvalue weighted by Gasteiger charge is 2.18. The van der Waals surface area contributed by atoms with Crippen LogP contribution in [-0.4, -0.2) is 35.4 Å². The second kappa shape index (κ2) is 8.06. The van der Waals surface area contributed by atoms with E-state index in [1.165, 1.54) is 24.4 Å². The number of anilines is 2. The molecule has 0 fully saturated rings. The maximum atomic E-state index is 12.1.